The van der Waals surface area contributed by atoms with Crippen molar-refractivity contribution in [1.29, 1.82) is 0 Å². The fraction of sp³-hybridized carbons (Fsp3) is 1.00. The number of rotatable bonds is 7. The Morgan fingerprint density at radius 2 is 2.12 bits per heavy atom. The van der Waals surface area contributed by atoms with E-state index in [4.69, 9.17) is 4.74 Å². The Balaban J connectivity index is 0.00000225. The second-order valence-corrected chi connectivity index (χ2v) is 4.60. The fourth-order valence-electron chi connectivity index (χ4n) is 2.12. The Kier molecular flexibility index (Phi) is 9.32. The van der Waals surface area contributed by atoms with E-state index in [1.54, 1.807) is 0 Å². The number of hydrogen-bond donors (Lipinski definition) is 1. The minimum Gasteiger partial charge on any atom is -0.377 e. The average Bonchev–Trinajstić information content (AvgIpc) is 2.68. The third kappa shape index (κ3) is 6.04. The lowest BCUT2D eigenvalue weighted by molar-refractivity contribution is 0.0506. The average molecular weight is 251 g/mol. The summed E-state index contributed by atoms with van der Waals surface area (Å²) in [5.74, 6) is 0. The molecule has 1 unspecified atom stereocenters. The first-order valence-corrected chi connectivity index (χ1v) is 6.30. The van der Waals surface area contributed by atoms with E-state index < -0.39 is 0 Å². The molecule has 0 radical (unpaired) electrons. The third-order valence-corrected chi connectivity index (χ3v) is 2.89. The lowest BCUT2D eigenvalue weighted by Crippen LogP contribution is -2.39. The summed E-state index contributed by atoms with van der Waals surface area (Å²) in [7, 11) is 0. The molecule has 1 N–H and O–H groups in total. The van der Waals surface area contributed by atoms with E-state index in [1.165, 1.54) is 25.9 Å². The summed E-state index contributed by atoms with van der Waals surface area (Å²) in [5.41, 5.74) is 0. The molecule has 1 aliphatic heterocycles. The van der Waals surface area contributed by atoms with Gasteiger partial charge in [-0.1, -0.05) is 6.92 Å². The van der Waals surface area contributed by atoms with Gasteiger partial charge in [0, 0.05) is 19.1 Å². The van der Waals surface area contributed by atoms with Crippen molar-refractivity contribution in [1.82, 2.24) is 10.2 Å². The van der Waals surface area contributed by atoms with Gasteiger partial charge < -0.3 is 10.1 Å². The molecule has 0 saturated carbocycles. The highest BCUT2D eigenvalue weighted by Crippen LogP contribution is 2.08. The number of nitrogens with zero attached hydrogens (tertiary/aromatic N) is 1. The Morgan fingerprint density at radius 1 is 1.38 bits per heavy atom. The van der Waals surface area contributed by atoms with Crippen molar-refractivity contribution in [2.45, 2.75) is 45.8 Å². The van der Waals surface area contributed by atoms with Crippen LogP contribution in [0.15, 0.2) is 0 Å². The first kappa shape index (κ1) is 16.2. The SMILES string of the molecule is CCCN(CCOC(C)C)C1CCNC1.Cl. The summed E-state index contributed by atoms with van der Waals surface area (Å²) >= 11 is 0. The monoisotopic (exact) mass is 250 g/mol. The van der Waals surface area contributed by atoms with Gasteiger partial charge in [-0.05, 0) is 39.8 Å². The lowest BCUT2D eigenvalue weighted by atomic mass is 10.2. The molecule has 16 heavy (non-hydrogen) atoms. The largest absolute Gasteiger partial charge is 0.377 e. The first-order chi connectivity index (χ1) is 7.24. The van der Waals surface area contributed by atoms with Crippen LogP contribution in [0.5, 0.6) is 0 Å². The molecule has 0 spiro atoms. The molecule has 1 heterocycles. The fourth-order valence-corrected chi connectivity index (χ4v) is 2.12. The highest BCUT2D eigenvalue weighted by atomic mass is 35.5. The molecule has 0 aromatic carbocycles. The molecular formula is C12H27ClN2O. The van der Waals surface area contributed by atoms with E-state index >= 15 is 0 Å². The maximum Gasteiger partial charge on any atom is 0.0597 e. The maximum absolute atomic E-state index is 5.62. The number of nitrogens with one attached hydrogen (secondary N) is 1. The van der Waals surface area contributed by atoms with Crippen LogP contribution in [-0.4, -0.2) is 49.8 Å². The van der Waals surface area contributed by atoms with E-state index in [9.17, 15) is 0 Å². The van der Waals surface area contributed by atoms with Crippen molar-refractivity contribution in [2.75, 3.05) is 32.8 Å². The van der Waals surface area contributed by atoms with Gasteiger partial charge in [0.1, 0.15) is 0 Å². The molecule has 1 rings (SSSR count). The maximum atomic E-state index is 5.62. The summed E-state index contributed by atoms with van der Waals surface area (Å²) in [4.78, 5) is 2.57. The Hall–Kier alpha value is 0.170. The predicted octanol–water partition coefficient (Wildman–Crippen LogP) is 1.91. The predicted molar refractivity (Wildman–Crippen MR) is 71.5 cm³/mol. The van der Waals surface area contributed by atoms with Crippen molar-refractivity contribution < 1.29 is 4.74 Å². The van der Waals surface area contributed by atoms with Crippen LogP contribution in [0.1, 0.15) is 33.6 Å². The zero-order valence-corrected chi connectivity index (χ0v) is 11.7. The van der Waals surface area contributed by atoms with Crippen molar-refractivity contribution >= 4 is 12.4 Å². The van der Waals surface area contributed by atoms with Crippen molar-refractivity contribution in [2.24, 2.45) is 0 Å². The van der Waals surface area contributed by atoms with Gasteiger partial charge in [-0.3, -0.25) is 4.90 Å². The number of ether oxygens (including phenoxy) is 1. The molecule has 3 nitrogen and oxygen atoms in total. The molecule has 98 valence electrons. The van der Waals surface area contributed by atoms with Gasteiger partial charge in [0.05, 0.1) is 12.7 Å². The third-order valence-electron chi connectivity index (χ3n) is 2.89. The van der Waals surface area contributed by atoms with Crippen LogP contribution in [0.2, 0.25) is 0 Å². The van der Waals surface area contributed by atoms with Crippen LogP contribution < -0.4 is 5.32 Å². The molecular weight excluding hydrogens is 224 g/mol. The van der Waals surface area contributed by atoms with Crippen LogP contribution in [-0.2, 0) is 4.74 Å². The first-order valence-electron chi connectivity index (χ1n) is 6.30. The molecule has 1 aliphatic rings. The van der Waals surface area contributed by atoms with Crippen molar-refractivity contribution in [3.63, 3.8) is 0 Å². The molecule has 0 bridgehead atoms. The Bertz CT molecular complexity index is 161. The van der Waals surface area contributed by atoms with Gasteiger partial charge in [0.2, 0.25) is 0 Å². The van der Waals surface area contributed by atoms with Crippen LogP contribution in [0.3, 0.4) is 0 Å². The van der Waals surface area contributed by atoms with Crippen molar-refractivity contribution in [3.05, 3.63) is 0 Å². The summed E-state index contributed by atoms with van der Waals surface area (Å²) in [6, 6.07) is 0.737. The highest BCUT2D eigenvalue weighted by Gasteiger charge is 2.21. The molecule has 0 aromatic rings. The quantitative estimate of drug-likeness (QED) is 0.747. The molecule has 0 aliphatic carbocycles. The van der Waals surface area contributed by atoms with Gasteiger partial charge in [-0.2, -0.15) is 0 Å². The van der Waals surface area contributed by atoms with Crippen LogP contribution in [0.4, 0.5) is 0 Å². The van der Waals surface area contributed by atoms with Gasteiger partial charge in [-0.25, -0.2) is 0 Å². The van der Waals surface area contributed by atoms with Crippen LogP contribution in [0, 0.1) is 0 Å². The van der Waals surface area contributed by atoms with E-state index in [0.29, 0.717) is 6.10 Å². The lowest BCUT2D eigenvalue weighted by Gasteiger charge is -2.28. The zero-order chi connectivity index (χ0) is 11.1. The molecule has 0 amide bonds. The highest BCUT2D eigenvalue weighted by molar-refractivity contribution is 5.85. The van der Waals surface area contributed by atoms with Crippen LogP contribution >= 0.6 is 12.4 Å². The summed E-state index contributed by atoms with van der Waals surface area (Å²) < 4.78 is 5.62. The van der Waals surface area contributed by atoms with Gasteiger partial charge in [0.15, 0.2) is 0 Å². The zero-order valence-electron chi connectivity index (χ0n) is 10.9. The smallest absolute Gasteiger partial charge is 0.0597 e. The summed E-state index contributed by atoms with van der Waals surface area (Å²) in [6.07, 6.45) is 2.88. The number of halogens is 1. The Morgan fingerprint density at radius 3 is 2.62 bits per heavy atom. The van der Waals surface area contributed by atoms with Crippen molar-refractivity contribution in [3.8, 4) is 0 Å². The minimum atomic E-state index is 0. The molecule has 0 aromatic heterocycles. The summed E-state index contributed by atoms with van der Waals surface area (Å²) in [6.45, 7) is 11.9. The Labute approximate surface area is 106 Å². The van der Waals surface area contributed by atoms with E-state index in [1.807, 2.05) is 0 Å². The number of hydrogen-bond acceptors (Lipinski definition) is 3. The topological polar surface area (TPSA) is 24.5 Å². The van der Waals surface area contributed by atoms with E-state index in [-0.39, 0.29) is 12.4 Å². The summed E-state index contributed by atoms with van der Waals surface area (Å²) in [5, 5.41) is 3.43. The molecule has 4 heteroatoms. The second-order valence-electron chi connectivity index (χ2n) is 4.60. The normalized spacial score (nSPS) is 20.4. The van der Waals surface area contributed by atoms with Gasteiger partial charge >= 0.3 is 0 Å². The molecule has 1 saturated heterocycles. The second kappa shape index (κ2) is 9.23. The van der Waals surface area contributed by atoms with E-state index in [0.717, 1.165) is 25.7 Å². The van der Waals surface area contributed by atoms with Gasteiger partial charge in [-0.15, -0.1) is 12.4 Å². The molecule has 1 atom stereocenters. The standard InChI is InChI=1S/C12H26N2O.ClH/c1-4-7-14(8-9-15-11(2)3)12-5-6-13-10-12;/h11-13H,4-10H2,1-3H3;1H. The van der Waals surface area contributed by atoms with Crippen LogP contribution in [0.25, 0.3) is 0 Å². The minimum absolute atomic E-state index is 0. The molecule has 1 fully saturated rings. The van der Waals surface area contributed by atoms with E-state index in [2.05, 4.69) is 31.0 Å². The van der Waals surface area contributed by atoms with Gasteiger partial charge in [0.25, 0.3) is 0 Å².